The summed E-state index contributed by atoms with van der Waals surface area (Å²) in [4.78, 5) is 17.4. The summed E-state index contributed by atoms with van der Waals surface area (Å²) >= 11 is 0. The van der Waals surface area contributed by atoms with Gasteiger partial charge in [-0.1, -0.05) is 18.2 Å². The van der Waals surface area contributed by atoms with Crippen molar-refractivity contribution in [2.45, 2.75) is 38.3 Å². The fourth-order valence-electron chi connectivity index (χ4n) is 4.40. The second-order valence-corrected chi connectivity index (χ2v) is 8.46. The lowest BCUT2D eigenvalue weighted by atomic mass is 10.0. The van der Waals surface area contributed by atoms with E-state index in [1.165, 1.54) is 5.56 Å². The molecular weight excluding hydrogens is 392 g/mol. The van der Waals surface area contributed by atoms with Crippen molar-refractivity contribution >= 4 is 5.91 Å². The number of hydrogen-bond donors (Lipinski definition) is 0. The molecule has 0 spiro atoms. The van der Waals surface area contributed by atoms with E-state index in [2.05, 4.69) is 30.0 Å². The van der Waals surface area contributed by atoms with Crippen LogP contribution < -0.4 is 14.2 Å². The predicted octanol–water partition coefficient (Wildman–Crippen LogP) is 3.69. The number of hydrogen-bond acceptors (Lipinski definition) is 5. The Balaban J connectivity index is 1.37. The second-order valence-electron chi connectivity index (χ2n) is 8.46. The molecule has 1 amide bonds. The normalized spacial score (nSPS) is 18.8. The standard InChI is InChI=1S/C25H32N2O4/c1-18(15-19-6-9-21(29-3)10-7-19)26(2)17-25(28)27-12-4-5-22(27)20-8-11-23-24(16-20)31-14-13-30-23/h6-11,16,18,22H,4-5,12-15,17H2,1-3H3. The number of nitrogens with zero attached hydrogens (tertiary/aromatic N) is 2. The first-order chi connectivity index (χ1) is 15.0. The van der Waals surface area contributed by atoms with Crippen LogP contribution in [-0.2, 0) is 11.2 Å². The number of amides is 1. The largest absolute Gasteiger partial charge is 0.497 e. The first-order valence-electron chi connectivity index (χ1n) is 11.1. The minimum Gasteiger partial charge on any atom is -0.497 e. The summed E-state index contributed by atoms with van der Waals surface area (Å²) in [5.74, 6) is 2.62. The van der Waals surface area contributed by atoms with Crippen LogP contribution in [0.3, 0.4) is 0 Å². The van der Waals surface area contributed by atoms with Crippen LogP contribution in [0.1, 0.15) is 36.9 Å². The lowest BCUT2D eigenvalue weighted by Crippen LogP contribution is -2.42. The van der Waals surface area contributed by atoms with E-state index in [4.69, 9.17) is 14.2 Å². The van der Waals surface area contributed by atoms with Gasteiger partial charge in [0.15, 0.2) is 11.5 Å². The third kappa shape index (κ3) is 4.96. The molecule has 6 heteroatoms. The first kappa shape index (κ1) is 21.5. The molecule has 1 saturated heterocycles. The Morgan fingerprint density at radius 1 is 1.16 bits per heavy atom. The van der Waals surface area contributed by atoms with Crippen molar-refractivity contribution in [3.05, 3.63) is 53.6 Å². The Morgan fingerprint density at radius 3 is 2.65 bits per heavy atom. The van der Waals surface area contributed by atoms with Gasteiger partial charge in [0.25, 0.3) is 0 Å². The Kier molecular flexibility index (Phi) is 6.66. The number of likely N-dealkylation sites (tertiary alicyclic amines) is 1. The molecule has 2 aliphatic heterocycles. The molecule has 0 N–H and O–H groups in total. The highest BCUT2D eigenvalue weighted by molar-refractivity contribution is 5.79. The van der Waals surface area contributed by atoms with Gasteiger partial charge in [0.1, 0.15) is 19.0 Å². The van der Waals surface area contributed by atoms with E-state index in [0.717, 1.165) is 48.6 Å². The number of benzene rings is 2. The van der Waals surface area contributed by atoms with Gasteiger partial charge in [-0.25, -0.2) is 0 Å². The molecule has 2 aromatic carbocycles. The van der Waals surface area contributed by atoms with Gasteiger partial charge in [0.2, 0.25) is 5.91 Å². The third-order valence-electron chi connectivity index (χ3n) is 6.35. The molecule has 2 atom stereocenters. The molecule has 0 saturated carbocycles. The van der Waals surface area contributed by atoms with Gasteiger partial charge in [0.05, 0.1) is 19.7 Å². The molecule has 2 heterocycles. The number of fused-ring (bicyclic) bond motifs is 1. The highest BCUT2D eigenvalue weighted by Crippen LogP contribution is 2.38. The van der Waals surface area contributed by atoms with E-state index in [-0.39, 0.29) is 18.0 Å². The number of carbonyl (C=O) groups is 1. The van der Waals surface area contributed by atoms with Crippen LogP contribution in [0.25, 0.3) is 0 Å². The lowest BCUT2D eigenvalue weighted by Gasteiger charge is -2.30. The minimum absolute atomic E-state index is 0.105. The fraction of sp³-hybridized carbons (Fsp3) is 0.480. The van der Waals surface area contributed by atoms with Crippen molar-refractivity contribution in [2.75, 3.05) is 40.5 Å². The summed E-state index contributed by atoms with van der Waals surface area (Å²) < 4.78 is 16.6. The minimum atomic E-state index is 0.105. The summed E-state index contributed by atoms with van der Waals surface area (Å²) in [6.07, 6.45) is 2.89. The molecule has 6 nitrogen and oxygen atoms in total. The number of rotatable bonds is 7. The summed E-state index contributed by atoms with van der Waals surface area (Å²) in [7, 11) is 3.70. The lowest BCUT2D eigenvalue weighted by molar-refractivity contribution is -0.133. The van der Waals surface area contributed by atoms with E-state index in [1.54, 1.807) is 7.11 Å². The van der Waals surface area contributed by atoms with Crippen molar-refractivity contribution < 1.29 is 19.0 Å². The van der Waals surface area contributed by atoms with Crippen molar-refractivity contribution in [3.8, 4) is 17.2 Å². The van der Waals surface area contributed by atoms with Crippen LogP contribution in [0, 0.1) is 0 Å². The summed E-state index contributed by atoms with van der Waals surface area (Å²) in [5.41, 5.74) is 2.37. The molecule has 0 aliphatic carbocycles. The van der Waals surface area contributed by atoms with Crippen LogP contribution in [0.2, 0.25) is 0 Å². The fourth-order valence-corrected chi connectivity index (χ4v) is 4.40. The molecule has 2 aromatic rings. The predicted molar refractivity (Wildman–Crippen MR) is 120 cm³/mol. The van der Waals surface area contributed by atoms with Gasteiger partial charge in [-0.15, -0.1) is 0 Å². The van der Waals surface area contributed by atoms with Crippen molar-refractivity contribution in [1.82, 2.24) is 9.80 Å². The average Bonchev–Trinajstić information content (AvgIpc) is 3.29. The van der Waals surface area contributed by atoms with Gasteiger partial charge in [0, 0.05) is 12.6 Å². The third-order valence-corrected chi connectivity index (χ3v) is 6.35. The quantitative estimate of drug-likeness (QED) is 0.679. The van der Waals surface area contributed by atoms with E-state index >= 15 is 0 Å². The zero-order valence-corrected chi connectivity index (χ0v) is 18.7. The van der Waals surface area contributed by atoms with Gasteiger partial charge in [-0.3, -0.25) is 9.69 Å². The Bertz CT molecular complexity index is 899. The SMILES string of the molecule is COc1ccc(CC(C)N(C)CC(=O)N2CCCC2c2ccc3c(c2)OCCO3)cc1. The monoisotopic (exact) mass is 424 g/mol. The number of ether oxygens (including phenoxy) is 3. The summed E-state index contributed by atoms with van der Waals surface area (Å²) in [6, 6.07) is 14.6. The van der Waals surface area contributed by atoms with E-state index in [0.29, 0.717) is 19.8 Å². The molecule has 0 bridgehead atoms. The van der Waals surface area contributed by atoms with Gasteiger partial charge >= 0.3 is 0 Å². The molecule has 166 valence electrons. The van der Waals surface area contributed by atoms with Crippen molar-refractivity contribution in [2.24, 2.45) is 0 Å². The van der Waals surface area contributed by atoms with E-state index < -0.39 is 0 Å². The summed E-state index contributed by atoms with van der Waals surface area (Å²) in [6.45, 7) is 4.54. The molecule has 4 rings (SSSR count). The molecule has 0 aromatic heterocycles. The molecular formula is C25H32N2O4. The van der Waals surface area contributed by atoms with Crippen molar-refractivity contribution in [1.29, 1.82) is 0 Å². The Morgan fingerprint density at radius 2 is 1.90 bits per heavy atom. The Hall–Kier alpha value is -2.73. The second kappa shape index (κ2) is 9.60. The van der Waals surface area contributed by atoms with E-state index in [1.807, 2.05) is 36.2 Å². The number of methoxy groups -OCH3 is 1. The van der Waals surface area contributed by atoms with Crippen molar-refractivity contribution in [3.63, 3.8) is 0 Å². The van der Waals surface area contributed by atoms with Crippen LogP contribution in [0.15, 0.2) is 42.5 Å². The molecule has 2 unspecified atom stereocenters. The van der Waals surface area contributed by atoms with Crippen LogP contribution in [0.4, 0.5) is 0 Å². The van der Waals surface area contributed by atoms with Crippen LogP contribution >= 0.6 is 0 Å². The molecule has 0 radical (unpaired) electrons. The van der Waals surface area contributed by atoms with Crippen LogP contribution in [-0.4, -0.2) is 62.2 Å². The first-order valence-corrected chi connectivity index (χ1v) is 11.1. The van der Waals surface area contributed by atoms with Gasteiger partial charge < -0.3 is 19.1 Å². The number of carbonyl (C=O) groups excluding carboxylic acids is 1. The Labute approximate surface area is 184 Å². The average molecular weight is 425 g/mol. The number of likely N-dealkylation sites (N-methyl/N-ethyl adjacent to an activating group) is 1. The molecule has 2 aliphatic rings. The smallest absolute Gasteiger partial charge is 0.237 e. The molecule has 1 fully saturated rings. The topological polar surface area (TPSA) is 51.2 Å². The zero-order valence-electron chi connectivity index (χ0n) is 18.7. The zero-order chi connectivity index (χ0) is 21.8. The van der Waals surface area contributed by atoms with E-state index in [9.17, 15) is 4.79 Å². The highest BCUT2D eigenvalue weighted by atomic mass is 16.6. The summed E-state index contributed by atoms with van der Waals surface area (Å²) in [5, 5.41) is 0. The maximum atomic E-state index is 13.2. The maximum absolute atomic E-state index is 13.2. The van der Waals surface area contributed by atoms with Gasteiger partial charge in [-0.05, 0) is 68.6 Å². The van der Waals surface area contributed by atoms with Gasteiger partial charge in [-0.2, -0.15) is 0 Å². The highest BCUT2D eigenvalue weighted by Gasteiger charge is 2.31. The molecule has 31 heavy (non-hydrogen) atoms. The maximum Gasteiger partial charge on any atom is 0.237 e. The van der Waals surface area contributed by atoms with Crippen LogP contribution in [0.5, 0.6) is 17.2 Å².